The third-order valence-corrected chi connectivity index (χ3v) is 4.32. The van der Waals surface area contributed by atoms with E-state index in [4.69, 9.17) is 5.73 Å². The Morgan fingerprint density at radius 2 is 1.58 bits per heavy atom. The first-order chi connectivity index (χ1) is 8.50. The van der Waals surface area contributed by atoms with Crippen LogP contribution in [0.2, 0.25) is 0 Å². The van der Waals surface area contributed by atoms with Gasteiger partial charge in [-0.15, -0.1) is 12.4 Å². The molecule has 1 saturated carbocycles. The lowest BCUT2D eigenvalue weighted by Gasteiger charge is -2.27. The maximum absolute atomic E-state index is 10.5. The summed E-state index contributed by atoms with van der Waals surface area (Å²) in [4.78, 5) is 0. The Bertz CT molecular complexity index is 404. The highest BCUT2D eigenvalue weighted by Gasteiger charge is 2.30. The Balaban J connectivity index is 0.00000180. The van der Waals surface area contributed by atoms with Crippen LogP contribution in [-0.2, 0) is 0 Å². The van der Waals surface area contributed by atoms with E-state index >= 15 is 0 Å². The minimum Gasteiger partial charge on any atom is -0.391 e. The molecule has 2 rings (SSSR count). The second-order valence-electron chi connectivity index (χ2n) is 5.87. The van der Waals surface area contributed by atoms with Crippen LogP contribution in [0.25, 0.3) is 0 Å². The van der Waals surface area contributed by atoms with E-state index in [-0.39, 0.29) is 18.4 Å². The van der Waals surface area contributed by atoms with Gasteiger partial charge in [0.2, 0.25) is 0 Å². The van der Waals surface area contributed by atoms with Gasteiger partial charge in [0.1, 0.15) is 0 Å². The van der Waals surface area contributed by atoms with Gasteiger partial charge in [-0.3, -0.25) is 0 Å². The van der Waals surface area contributed by atoms with Crippen molar-refractivity contribution in [2.45, 2.75) is 58.6 Å². The first-order valence-electron chi connectivity index (χ1n) is 7.02. The molecule has 3 heteroatoms. The summed E-state index contributed by atoms with van der Waals surface area (Å²) >= 11 is 0. The highest BCUT2D eigenvalue weighted by Crippen LogP contribution is 2.34. The standard InChI is InChI=1S/C16H25NO.ClH/c1-10-8-11(2)14(12(3)9-10)15(17)16(18)13-6-4-5-7-13;/h8-9,13,15-16,18H,4-7,17H2,1-3H3;1H/t15-,16+;/m0./s1. The average molecular weight is 284 g/mol. The molecule has 1 aliphatic rings. The Kier molecular flexibility index (Phi) is 5.84. The van der Waals surface area contributed by atoms with Crippen LogP contribution in [0.5, 0.6) is 0 Å². The lowest BCUT2D eigenvalue weighted by Crippen LogP contribution is -2.33. The molecule has 1 aromatic rings. The first-order valence-corrected chi connectivity index (χ1v) is 7.02. The second-order valence-corrected chi connectivity index (χ2v) is 5.87. The van der Waals surface area contributed by atoms with Gasteiger partial charge >= 0.3 is 0 Å². The van der Waals surface area contributed by atoms with E-state index in [1.54, 1.807) is 0 Å². The van der Waals surface area contributed by atoms with Crippen LogP contribution in [0.15, 0.2) is 12.1 Å². The summed E-state index contributed by atoms with van der Waals surface area (Å²) in [6, 6.07) is 4.07. The van der Waals surface area contributed by atoms with Crippen molar-refractivity contribution in [3.8, 4) is 0 Å². The molecule has 1 aromatic carbocycles. The number of aliphatic hydroxyl groups excluding tert-OH is 1. The number of halogens is 1. The Morgan fingerprint density at radius 3 is 2.05 bits per heavy atom. The highest BCUT2D eigenvalue weighted by molar-refractivity contribution is 5.85. The van der Waals surface area contributed by atoms with Crippen molar-refractivity contribution in [3.05, 3.63) is 34.4 Å². The van der Waals surface area contributed by atoms with Crippen molar-refractivity contribution in [1.29, 1.82) is 0 Å². The number of hydrogen-bond acceptors (Lipinski definition) is 2. The quantitative estimate of drug-likeness (QED) is 0.891. The molecule has 0 aromatic heterocycles. The molecular weight excluding hydrogens is 258 g/mol. The van der Waals surface area contributed by atoms with Crippen molar-refractivity contribution in [1.82, 2.24) is 0 Å². The van der Waals surface area contributed by atoms with Gasteiger partial charge in [-0.05, 0) is 56.2 Å². The number of hydrogen-bond donors (Lipinski definition) is 2. The van der Waals surface area contributed by atoms with Gasteiger partial charge in [0.15, 0.2) is 0 Å². The number of nitrogens with two attached hydrogens (primary N) is 1. The fourth-order valence-corrected chi connectivity index (χ4v) is 3.48. The molecule has 0 heterocycles. The fourth-order valence-electron chi connectivity index (χ4n) is 3.48. The second kappa shape index (κ2) is 6.74. The zero-order chi connectivity index (χ0) is 13.3. The molecule has 0 amide bonds. The summed E-state index contributed by atoms with van der Waals surface area (Å²) in [7, 11) is 0. The van der Waals surface area contributed by atoms with Crippen molar-refractivity contribution < 1.29 is 5.11 Å². The van der Waals surface area contributed by atoms with Gasteiger partial charge in [0.05, 0.1) is 12.1 Å². The van der Waals surface area contributed by atoms with Crippen molar-refractivity contribution in [2.75, 3.05) is 0 Å². The minimum absolute atomic E-state index is 0. The van der Waals surface area contributed by atoms with Crippen LogP contribution in [0, 0.1) is 26.7 Å². The van der Waals surface area contributed by atoms with E-state index in [1.165, 1.54) is 29.5 Å². The molecule has 0 bridgehead atoms. The topological polar surface area (TPSA) is 46.2 Å². The van der Waals surface area contributed by atoms with Crippen LogP contribution < -0.4 is 5.73 Å². The van der Waals surface area contributed by atoms with E-state index in [9.17, 15) is 5.11 Å². The molecule has 2 nitrogen and oxygen atoms in total. The molecule has 19 heavy (non-hydrogen) atoms. The maximum atomic E-state index is 10.5. The molecule has 108 valence electrons. The van der Waals surface area contributed by atoms with Gasteiger partial charge in [-0.25, -0.2) is 0 Å². The third kappa shape index (κ3) is 3.50. The predicted octanol–water partition coefficient (Wildman–Crippen LogP) is 3.58. The van der Waals surface area contributed by atoms with E-state index in [2.05, 4.69) is 32.9 Å². The maximum Gasteiger partial charge on any atom is 0.0761 e. The zero-order valence-electron chi connectivity index (χ0n) is 12.1. The molecule has 0 unspecified atom stereocenters. The minimum atomic E-state index is -0.396. The molecule has 3 N–H and O–H groups in total. The van der Waals surface area contributed by atoms with E-state index in [0.29, 0.717) is 5.92 Å². The largest absolute Gasteiger partial charge is 0.391 e. The SMILES string of the molecule is Cc1cc(C)c([C@H](N)[C@H](O)C2CCCC2)c(C)c1.Cl. The third-order valence-electron chi connectivity index (χ3n) is 4.32. The zero-order valence-corrected chi connectivity index (χ0v) is 13.0. The molecule has 1 fully saturated rings. The van der Waals surface area contributed by atoms with E-state index in [1.807, 2.05) is 0 Å². The molecule has 2 atom stereocenters. The summed E-state index contributed by atoms with van der Waals surface area (Å²) in [5.74, 6) is 0.389. The van der Waals surface area contributed by atoms with Crippen LogP contribution in [0.4, 0.5) is 0 Å². The smallest absolute Gasteiger partial charge is 0.0761 e. The van der Waals surface area contributed by atoms with Crippen LogP contribution in [0.1, 0.15) is 54.0 Å². The number of rotatable bonds is 3. The number of benzene rings is 1. The number of aryl methyl sites for hydroxylation is 3. The molecule has 0 aliphatic heterocycles. The summed E-state index contributed by atoms with van der Waals surface area (Å²) < 4.78 is 0. The molecule has 1 aliphatic carbocycles. The van der Waals surface area contributed by atoms with Crippen LogP contribution >= 0.6 is 12.4 Å². The predicted molar refractivity (Wildman–Crippen MR) is 82.8 cm³/mol. The van der Waals surface area contributed by atoms with Crippen LogP contribution in [-0.4, -0.2) is 11.2 Å². The fraction of sp³-hybridized carbons (Fsp3) is 0.625. The summed E-state index contributed by atoms with van der Waals surface area (Å²) in [6.07, 6.45) is 4.32. The first kappa shape index (κ1) is 16.5. The highest BCUT2D eigenvalue weighted by atomic mass is 35.5. The monoisotopic (exact) mass is 283 g/mol. The normalized spacial score (nSPS) is 19.0. The number of aliphatic hydroxyl groups is 1. The average Bonchev–Trinajstić information content (AvgIpc) is 2.79. The van der Waals surface area contributed by atoms with Gasteiger partial charge in [-0.1, -0.05) is 30.5 Å². The lowest BCUT2D eigenvalue weighted by atomic mass is 9.86. The van der Waals surface area contributed by atoms with Crippen LogP contribution in [0.3, 0.4) is 0 Å². The van der Waals surface area contributed by atoms with Gasteiger partial charge in [0, 0.05) is 0 Å². The van der Waals surface area contributed by atoms with Gasteiger partial charge in [0.25, 0.3) is 0 Å². The Morgan fingerprint density at radius 1 is 1.11 bits per heavy atom. The summed E-state index contributed by atoms with van der Waals surface area (Å²) in [5, 5.41) is 10.5. The summed E-state index contributed by atoms with van der Waals surface area (Å²) in [5.41, 5.74) is 11.1. The summed E-state index contributed by atoms with van der Waals surface area (Å²) in [6.45, 7) is 6.29. The molecule has 0 radical (unpaired) electrons. The van der Waals surface area contributed by atoms with Crippen molar-refractivity contribution >= 4 is 12.4 Å². The molecular formula is C16H26ClNO. The van der Waals surface area contributed by atoms with Gasteiger partial charge < -0.3 is 10.8 Å². The molecule has 0 saturated heterocycles. The Hall–Kier alpha value is -0.570. The Labute approximate surface area is 122 Å². The lowest BCUT2D eigenvalue weighted by molar-refractivity contribution is 0.0841. The van der Waals surface area contributed by atoms with Crippen molar-refractivity contribution in [3.63, 3.8) is 0 Å². The van der Waals surface area contributed by atoms with E-state index in [0.717, 1.165) is 18.4 Å². The van der Waals surface area contributed by atoms with E-state index < -0.39 is 6.10 Å². The van der Waals surface area contributed by atoms with Crippen molar-refractivity contribution in [2.24, 2.45) is 11.7 Å². The van der Waals surface area contributed by atoms with Gasteiger partial charge in [-0.2, -0.15) is 0 Å². The molecule has 0 spiro atoms.